The molecule has 0 aromatic heterocycles. The van der Waals surface area contributed by atoms with Gasteiger partial charge in [-0.2, -0.15) is 0 Å². The monoisotopic (exact) mass is 458 g/mol. The highest BCUT2D eigenvalue weighted by Gasteiger charge is 2.39. The fraction of sp³-hybridized carbons (Fsp3) is 0.520. The number of nitrogens with two attached hydrogens (primary N) is 4. The summed E-state index contributed by atoms with van der Waals surface area (Å²) in [5.41, 5.74) is 12.9. The van der Waals surface area contributed by atoms with E-state index in [4.69, 9.17) is 31.7 Å². The molecule has 6 nitrogen and oxygen atoms in total. The Morgan fingerprint density at radius 1 is 0.625 bits per heavy atom. The molecule has 2 aromatic carbocycles. The van der Waals surface area contributed by atoms with Gasteiger partial charge in [-0.3, -0.25) is 0 Å². The lowest BCUT2D eigenvalue weighted by atomic mass is 10.1. The van der Waals surface area contributed by atoms with Crippen molar-refractivity contribution in [2.45, 2.75) is 83.1 Å². The smallest absolute Gasteiger partial charge is 0.290 e. The second-order valence-corrected chi connectivity index (χ2v) is 11.9. The van der Waals surface area contributed by atoms with Gasteiger partial charge >= 0.3 is 0 Å². The molecule has 0 saturated carbocycles. The molecule has 2 aromatic rings. The van der Waals surface area contributed by atoms with Crippen molar-refractivity contribution in [3.05, 3.63) is 48.5 Å². The molecule has 0 amide bonds. The molecule has 7 heteroatoms. The lowest BCUT2D eigenvalue weighted by molar-refractivity contribution is 0.0638. The van der Waals surface area contributed by atoms with Crippen molar-refractivity contribution >= 4 is 19.8 Å². The van der Waals surface area contributed by atoms with Crippen LogP contribution in [0.1, 0.15) is 71.1 Å². The summed E-state index contributed by atoms with van der Waals surface area (Å²) in [6.45, 7) is 2.25. The molecule has 0 heterocycles. The SMILES string of the molecule is CCCCCCCCCCCC[Si](N)(N)C(Oc1ccc(N)cc1)Oc1ccc(N)cc1. The maximum atomic E-state index is 6.64. The summed E-state index contributed by atoms with van der Waals surface area (Å²) >= 11 is 0. The Morgan fingerprint density at radius 3 is 1.41 bits per heavy atom. The first kappa shape index (κ1) is 26.0. The number of hydrogen-bond donors (Lipinski definition) is 4. The van der Waals surface area contributed by atoms with Crippen molar-refractivity contribution in [3.63, 3.8) is 0 Å². The third-order valence-electron chi connectivity index (χ3n) is 5.65. The van der Waals surface area contributed by atoms with Gasteiger partial charge in [0.15, 0.2) is 0 Å². The molecule has 2 rings (SSSR count). The van der Waals surface area contributed by atoms with Crippen LogP contribution in [0, 0.1) is 0 Å². The summed E-state index contributed by atoms with van der Waals surface area (Å²) < 4.78 is 12.2. The van der Waals surface area contributed by atoms with Crippen LogP contribution < -0.4 is 31.7 Å². The molecule has 0 spiro atoms. The molecule has 0 aliphatic rings. The van der Waals surface area contributed by atoms with Crippen LogP contribution in [0.3, 0.4) is 0 Å². The van der Waals surface area contributed by atoms with E-state index in [1.807, 2.05) is 0 Å². The van der Waals surface area contributed by atoms with Gasteiger partial charge in [-0.1, -0.05) is 71.1 Å². The second kappa shape index (κ2) is 14.0. The number of anilines is 2. The van der Waals surface area contributed by atoms with Crippen LogP contribution in [-0.2, 0) is 0 Å². The summed E-state index contributed by atoms with van der Waals surface area (Å²) in [5, 5.41) is 13.3. The minimum Gasteiger partial charge on any atom is -0.456 e. The van der Waals surface area contributed by atoms with Crippen molar-refractivity contribution < 1.29 is 9.47 Å². The van der Waals surface area contributed by atoms with Crippen molar-refractivity contribution in [3.8, 4) is 11.5 Å². The first-order valence-electron chi connectivity index (χ1n) is 12.0. The van der Waals surface area contributed by atoms with Crippen molar-refractivity contribution in [1.29, 1.82) is 0 Å². The lowest BCUT2D eigenvalue weighted by Crippen LogP contribution is -2.68. The lowest BCUT2D eigenvalue weighted by Gasteiger charge is -2.31. The maximum Gasteiger partial charge on any atom is 0.290 e. The highest BCUT2D eigenvalue weighted by molar-refractivity contribution is 6.74. The number of ether oxygens (including phenoxy) is 2. The topological polar surface area (TPSA) is 123 Å². The molecular formula is C25H42N4O2Si. The summed E-state index contributed by atoms with van der Waals surface area (Å²) in [6.07, 6.45) is 12.7. The first-order chi connectivity index (χ1) is 15.4. The van der Waals surface area contributed by atoms with Crippen LogP contribution in [0.15, 0.2) is 48.5 Å². The summed E-state index contributed by atoms with van der Waals surface area (Å²) in [4.78, 5) is 0. The predicted octanol–water partition coefficient (Wildman–Crippen LogP) is 5.45. The Labute approximate surface area is 194 Å². The zero-order valence-electron chi connectivity index (χ0n) is 19.6. The van der Waals surface area contributed by atoms with E-state index in [0.29, 0.717) is 22.9 Å². The molecule has 178 valence electrons. The van der Waals surface area contributed by atoms with Gasteiger partial charge in [0, 0.05) is 11.4 Å². The van der Waals surface area contributed by atoms with E-state index < -0.39 is 14.3 Å². The van der Waals surface area contributed by atoms with Crippen molar-refractivity contribution in [1.82, 2.24) is 0 Å². The van der Waals surface area contributed by atoms with Crippen LogP contribution in [-0.4, -0.2) is 14.3 Å². The number of benzene rings is 2. The van der Waals surface area contributed by atoms with Gasteiger partial charge in [0.05, 0.1) is 0 Å². The second-order valence-electron chi connectivity index (χ2n) is 8.75. The van der Waals surface area contributed by atoms with Crippen molar-refractivity contribution in [2.75, 3.05) is 11.5 Å². The third kappa shape index (κ3) is 9.93. The zero-order chi connectivity index (χ0) is 23.2. The average molecular weight is 459 g/mol. The molecule has 0 fully saturated rings. The Morgan fingerprint density at radius 2 is 1.00 bits per heavy atom. The number of unbranched alkanes of at least 4 members (excludes halogenated alkanes) is 9. The minimum absolute atomic E-state index is 0.635. The molecule has 0 atom stereocenters. The molecule has 32 heavy (non-hydrogen) atoms. The van der Waals surface area contributed by atoms with E-state index >= 15 is 0 Å². The largest absolute Gasteiger partial charge is 0.456 e. The van der Waals surface area contributed by atoms with Crippen LogP contribution >= 0.6 is 0 Å². The van der Waals surface area contributed by atoms with E-state index in [-0.39, 0.29) is 0 Å². The highest BCUT2D eigenvalue weighted by Crippen LogP contribution is 2.23. The van der Waals surface area contributed by atoms with Crippen LogP contribution in [0.2, 0.25) is 6.04 Å². The normalized spacial score (nSPS) is 11.6. The molecule has 8 N–H and O–H groups in total. The molecule has 0 saturated heterocycles. The summed E-state index contributed by atoms with van der Waals surface area (Å²) in [5.74, 6) is 0.555. The van der Waals surface area contributed by atoms with Gasteiger partial charge in [0.25, 0.3) is 14.3 Å². The molecule has 0 aliphatic carbocycles. The quantitative estimate of drug-likeness (QED) is 0.115. The molecule has 0 radical (unpaired) electrons. The molecule has 0 aliphatic heterocycles. The van der Waals surface area contributed by atoms with E-state index in [0.717, 1.165) is 18.9 Å². The first-order valence-corrected chi connectivity index (χ1v) is 14.5. The van der Waals surface area contributed by atoms with Gasteiger partial charge in [-0.25, -0.2) is 0 Å². The summed E-state index contributed by atoms with van der Waals surface area (Å²) in [7, 11) is -2.82. The average Bonchev–Trinajstić information content (AvgIpc) is 2.77. The van der Waals surface area contributed by atoms with E-state index in [2.05, 4.69) is 6.92 Å². The van der Waals surface area contributed by atoms with Crippen LogP contribution in [0.25, 0.3) is 0 Å². The van der Waals surface area contributed by atoms with E-state index in [1.54, 1.807) is 48.5 Å². The van der Waals surface area contributed by atoms with Gasteiger partial charge in [-0.15, -0.1) is 0 Å². The van der Waals surface area contributed by atoms with E-state index in [9.17, 15) is 0 Å². The van der Waals surface area contributed by atoms with Gasteiger partial charge in [0.2, 0.25) is 0 Å². The third-order valence-corrected chi connectivity index (χ3v) is 7.98. The number of hydrogen-bond acceptors (Lipinski definition) is 6. The number of nitrogen functional groups attached to an aromatic ring is 2. The van der Waals surface area contributed by atoms with Gasteiger partial charge < -0.3 is 31.7 Å². The summed E-state index contributed by atoms with van der Waals surface area (Å²) in [6, 6.07) is 15.1. The standard InChI is InChI=1S/C25H42N4O2Si/c1-2-3-4-5-6-7-8-9-10-11-20-32(28,29)25(30-23-16-12-21(26)13-17-23)31-24-18-14-22(27)15-19-24/h12-19,25H,2-11,20,26-29H2,1H3. The Bertz CT molecular complexity index is 706. The van der Waals surface area contributed by atoms with Crippen LogP contribution in [0.5, 0.6) is 11.5 Å². The molecule has 0 bridgehead atoms. The fourth-order valence-corrected chi connectivity index (χ4v) is 5.43. The van der Waals surface area contributed by atoms with E-state index in [1.165, 1.54) is 51.4 Å². The number of rotatable bonds is 16. The highest BCUT2D eigenvalue weighted by atomic mass is 28.3. The Hall–Kier alpha value is -2.22. The maximum absolute atomic E-state index is 6.64. The Balaban J connectivity index is 1.85. The molecular weight excluding hydrogens is 416 g/mol. The zero-order valence-corrected chi connectivity index (χ0v) is 20.6. The fourth-order valence-electron chi connectivity index (χ4n) is 3.62. The minimum atomic E-state index is -2.82. The molecule has 0 unspecified atom stereocenters. The van der Waals surface area contributed by atoms with Crippen LogP contribution in [0.4, 0.5) is 11.4 Å². The predicted molar refractivity (Wildman–Crippen MR) is 138 cm³/mol. The Kier molecular flexibility index (Phi) is 11.4. The van der Waals surface area contributed by atoms with Crippen molar-refractivity contribution in [2.24, 2.45) is 10.8 Å². The van der Waals surface area contributed by atoms with Gasteiger partial charge in [0.1, 0.15) is 11.5 Å². The van der Waals surface area contributed by atoms with Gasteiger partial charge in [-0.05, 0) is 54.6 Å².